The van der Waals surface area contributed by atoms with Crippen molar-refractivity contribution in [1.29, 1.82) is 0 Å². The Morgan fingerprint density at radius 1 is 1.35 bits per heavy atom. The third kappa shape index (κ3) is 7.72. The molecule has 0 aromatic rings. The van der Waals surface area contributed by atoms with E-state index in [-0.39, 0.29) is 48.3 Å². The minimum atomic E-state index is -4.21. The lowest BCUT2D eigenvalue weighted by Crippen LogP contribution is -2.39. The summed E-state index contributed by atoms with van der Waals surface area (Å²) in [5.74, 6) is -0.290. The number of amides is 1. The summed E-state index contributed by atoms with van der Waals surface area (Å²) in [4.78, 5) is 11.5. The molecule has 1 aliphatic rings. The summed E-state index contributed by atoms with van der Waals surface area (Å²) in [6.07, 6.45) is 1.52. The SMILES string of the molecule is Cl.O=C(NCCSC(F)(F)F)C1CCNCC1. The molecule has 1 rings (SSSR count). The molecule has 3 nitrogen and oxygen atoms in total. The highest BCUT2D eigenvalue weighted by Crippen LogP contribution is 2.29. The largest absolute Gasteiger partial charge is 0.441 e. The van der Waals surface area contributed by atoms with E-state index in [2.05, 4.69) is 10.6 Å². The first kappa shape index (κ1) is 16.9. The van der Waals surface area contributed by atoms with Crippen molar-refractivity contribution >= 4 is 30.1 Å². The molecule has 0 radical (unpaired) electrons. The Morgan fingerprint density at radius 2 is 1.94 bits per heavy atom. The molecule has 0 aromatic heterocycles. The Morgan fingerprint density at radius 3 is 2.47 bits per heavy atom. The van der Waals surface area contributed by atoms with Crippen molar-refractivity contribution in [2.75, 3.05) is 25.4 Å². The zero-order valence-electron chi connectivity index (χ0n) is 9.18. The summed E-state index contributed by atoms with van der Waals surface area (Å²) in [7, 11) is 0. The van der Waals surface area contributed by atoms with Gasteiger partial charge in [0.05, 0.1) is 0 Å². The number of alkyl halides is 3. The monoisotopic (exact) mass is 292 g/mol. The summed E-state index contributed by atoms with van der Waals surface area (Å²) in [5.41, 5.74) is -4.21. The lowest BCUT2D eigenvalue weighted by atomic mass is 9.97. The molecule has 1 amide bonds. The van der Waals surface area contributed by atoms with Crippen LogP contribution >= 0.6 is 24.2 Å². The number of thioether (sulfide) groups is 1. The Balaban J connectivity index is 0.00000256. The van der Waals surface area contributed by atoms with Crippen LogP contribution in [-0.2, 0) is 4.79 Å². The van der Waals surface area contributed by atoms with E-state index in [0.29, 0.717) is 0 Å². The maximum absolute atomic E-state index is 11.8. The van der Waals surface area contributed by atoms with E-state index in [9.17, 15) is 18.0 Å². The standard InChI is InChI=1S/C9H15F3N2OS.ClH/c10-9(11,12)16-6-5-14-8(15)7-1-3-13-4-2-7;/h7,13H,1-6H2,(H,14,15);1H. The van der Waals surface area contributed by atoms with Gasteiger partial charge in [0.25, 0.3) is 0 Å². The lowest BCUT2D eigenvalue weighted by Gasteiger charge is -2.21. The van der Waals surface area contributed by atoms with Gasteiger partial charge in [0.1, 0.15) is 0 Å². The molecule has 2 N–H and O–H groups in total. The van der Waals surface area contributed by atoms with Gasteiger partial charge in [0.15, 0.2) is 0 Å². The molecule has 102 valence electrons. The highest BCUT2D eigenvalue weighted by molar-refractivity contribution is 8.00. The van der Waals surface area contributed by atoms with Crippen LogP contribution in [0, 0.1) is 5.92 Å². The van der Waals surface area contributed by atoms with Crippen molar-refractivity contribution < 1.29 is 18.0 Å². The second kappa shape index (κ2) is 8.05. The predicted octanol–water partition coefficient (Wildman–Crippen LogP) is 1.78. The zero-order chi connectivity index (χ0) is 12.0. The molecule has 0 unspecified atom stereocenters. The second-order valence-corrected chi connectivity index (χ2v) is 4.77. The average Bonchev–Trinajstić information content (AvgIpc) is 2.24. The lowest BCUT2D eigenvalue weighted by molar-refractivity contribution is -0.125. The summed E-state index contributed by atoms with van der Waals surface area (Å²) in [6.45, 7) is 1.68. The van der Waals surface area contributed by atoms with Crippen molar-refractivity contribution in [1.82, 2.24) is 10.6 Å². The number of carbonyl (C=O) groups is 1. The van der Waals surface area contributed by atoms with Crippen LogP contribution in [0.4, 0.5) is 13.2 Å². The second-order valence-electron chi connectivity index (χ2n) is 3.61. The van der Waals surface area contributed by atoms with Crippen molar-refractivity contribution in [2.45, 2.75) is 18.3 Å². The summed E-state index contributed by atoms with van der Waals surface area (Å²) in [6, 6.07) is 0. The minimum absolute atomic E-state index is 0. The molecule has 0 saturated carbocycles. The van der Waals surface area contributed by atoms with Crippen LogP contribution in [0.25, 0.3) is 0 Å². The van der Waals surface area contributed by atoms with E-state index in [0.717, 1.165) is 25.9 Å². The number of carbonyl (C=O) groups excluding carboxylic acids is 1. The fraction of sp³-hybridized carbons (Fsp3) is 0.889. The molecule has 0 spiro atoms. The molecule has 1 aliphatic heterocycles. The molecule has 0 aromatic carbocycles. The van der Waals surface area contributed by atoms with Crippen LogP contribution in [0.5, 0.6) is 0 Å². The van der Waals surface area contributed by atoms with Crippen molar-refractivity contribution in [3.63, 3.8) is 0 Å². The number of piperidine rings is 1. The van der Waals surface area contributed by atoms with Crippen molar-refractivity contribution in [2.24, 2.45) is 5.92 Å². The van der Waals surface area contributed by atoms with E-state index < -0.39 is 5.51 Å². The Labute approximate surface area is 109 Å². The number of hydrogen-bond donors (Lipinski definition) is 2. The average molecular weight is 293 g/mol. The summed E-state index contributed by atoms with van der Waals surface area (Å²) in [5, 5.41) is 5.66. The molecular formula is C9H16ClF3N2OS. The van der Waals surface area contributed by atoms with E-state index in [4.69, 9.17) is 0 Å². The Bertz CT molecular complexity index is 235. The van der Waals surface area contributed by atoms with Gasteiger partial charge in [-0.05, 0) is 37.7 Å². The van der Waals surface area contributed by atoms with Gasteiger partial charge in [-0.25, -0.2) is 0 Å². The molecule has 0 aliphatic carbocycles. The zero-order valence-corrected chi connectivity index (χ0v) is 10.8. The fourth-order valence-corrected chi connectivity index (χ4v) is 2.01. The maximum Gasteiger partial charge on any atom is 0.441 e. The van der Waals surface area contributed by atoms with Crippen molar-refractivity contribution in [3.05, 3.63) is 0 Å². The molecule has 1 heterocycles. The van der Waals surface area contributed by atoms with Crippen LogP contribution in [0.1, 0.15) is 12.8 Å². The third-order valence-corrected chi connectivity index (χ3v) is 3.11. The van der Waals surface area contributed by atoms with Crippen LogP contribution in [0.15, 0.2) is 0 Å². The topological polar surface area (TPSA) is 41.1 Å². The fourth-order valence-electron chi connectivity index (χ4n) is 1.57. The smallest absolute Gasteiger partial charge is 0.355 e. The predicted molar refractivity (Wildman–Crippen MR) is 64.4 cm³/mol. The van der Waals surface area contributed by atoms with Gasteiger partial charge in [-0.3, -0.25) is 4.79 Å². The number of halogens is 4. The van der Waals surface area contributed by atoms with E-state index in [1.165, 1.54) is 0 Å². The van der Waals surface area contributed by atoms with E-state index >= 15 is 0 Å². The quantitative estimate of drug-likeness (QED) is 0.776. The van der Waals surface area contributed by atoms with Crippen LogP contribution in [-0.4, -0.2) is 36.8 Å². The summed E-state index contributed by atoms with van der Waals surface area (Å²) >= 11 is -0.105. The number of nitrogens with one attached hydrogen (secondary N) is 2. The first-order valence-corrected chi connectivity index (χ1v) is 6.17. The molecule has 0 bridgehead atoms. The third-order valence-electron chi connectivity index (χ3n) is 2.38. The molecular weight excluding hydrogens is 277 g/mol. The van der Waals surface area contributed by atoms with Gasteiger partial charge in [0.2, 0.25) is 5.91 Å². The first-order valence-electron chi connectivity index (χ1n) is 5.18. The van der Waals surface area contributed by atoms with Gasteiger partial charge in [-0.2, -0.15) is 13.2 Å². The highest BCUT2D eigenvalue weighted by Gasteiger charge is 2.27. The van der Waals surface area contributed by atoms with Gasteiger partial charge < -0.3 is 10.6 Å². The Kier molecular flexibility index (Phi) is 7.98. The molecule has 17 heavy (non-hydrogen) atoms. The van der Waals surface area contributed by atoms with E-state index in [1.54, 1.807) is 0 Å². The van der Waals surface area contributed by atoms with Crippen molar-refractivity contribution in [3.8, 4) is 0 Å². The van der Waals surface area contributed by atoms with E-state index in [1.807, 2.05) is 0 Å². The minimum Gasteiger partial charge on any atom is -0.355 e. The number of rotatable bonds is 4. The highest BCUT2D eigenvalue weighted by atomic mass is 35.5. The van der Waals surface area contributed by atoms with Gasteiger partial charge >= 0.3 is 5.51 Å². The van der Waals surface area contributed by atoms with Crippen LogP contribution < -0.4 is 10.6 Å². The molecule has 1 fully saturated rings. The van der Waals surface area contributed by atoms with Gasteiger partial charge in [-0.1, -0.05) is 0 Å². The molecule has 8 heteroatoms. The van der Waals surface area contributed by atoms with Gasteiger partial charge in [0, 0.05) is 18.2 Å². The molecule has 0 atom stereocenters. The van der Waals surface area contributed by atoms with Gasteiger partial charge in [-0.15, -0.1) is 12.4 Å². The molecule has 1 saturated heterocycles. The van der Waals surface area contributed by atoms with Crippen LogP contribution in [0.3, 0.4) is 0 Å². The first-order chi connectivity index (χ1) is 7.49. The normalized spacial score (nSPS) is 17.4. The summed E-state index contributed by atoms with van der Waals surface area (Å²) < 4.78 is 35.3. The Hall–Kier alpha value is -0.140. The van der Waals surface area contributed by atoms with Crippen LogP contribution in [0.2, 0.25) is 0 Å². The maximum atomic E-state index is 11.8. The number of hydrogen-bond acceptors (Lipinski definition) is 3.